The Hall–Kier alpha value is -1.41. The van der Waals surface area contributed by atoms with Gasteiger partial charge in [-0.25, -0.2) is 21.6 Å². The minimum atomic E-state index is -3.92. The van der Waals surface area contributed by atoms with Crippen molar-refractivity contribution in [3.8, 4) is 0 Å². The number of aromatic carboxylic acids is 1. The summed E-state index contributed by atoms with van der Waals surface area (Å²) in [6, 6.07) is 3.45. The Kier molecular flexibility index (Phi) is 3.18. The number of hydrogen-bond donors (Lipinski definition) is 1. The normalized spacial score (nSPS) is 16.3. The quantitative estimate of drug-likeness (QED) is 0.878. The third-order valence-electron chi connectivity index (χ3n) is 2.86. The second kappa shape index (κ2) is 4.31. The zero-order chi connectivity index (χ0) is 14.4. The molecule has 1 N–H and O–H groups in total. The molecular formula is C11H12O6S2. The summed E-state index contributed by atoms with van der Waals surface area (Å²) in [5.41, 5.74) is -0.491. The van der Waals surface area contributed by atoms with Gasteiger partial charge in [0.15, 0.2) is 19.7 Å². The summed E-state index contributed by atoms with van der Waals surface area (Å²) < 4.78 is 47.8. The van der Waals surface area contributed by atoms with Crippen molar-refractivity contribution in [2.24, 2.45) is 0 Å². The highest BCUT2D eigenvalue weighted by Gasteiger charge is 2.41. The molecule has 6 nitrogen and oxygen atoms in total. The number of hydrogen-bond acceptors (Lipinski definition) is 5. The van der Waals surface area contributed by atoms with Gasteiger partial charge in [0.05, 0.1) is 15.7 Å². The summed E-state index contributed by atoms with van der Waals surface area (Å²) in [4.78, 5) is 10.1. The van der Waals surface area contributed by atoms with Gasteiger partial charge >= 0.3 is 5.97 Å². The van der Waals surface area contributed by atoms with E-state index in [1.807, 2.05) is 0 Å². The molecule has 19 heavy (non-hydrogen) atoms. The van der Waals surface area contributed by atoms with Crippen molar-refractivity contribution < 1.29 is 26.7 Å². The van der Waals surface area contributed by atoms with Crippen LogP contribution in [0.25, 0.3) is 0 Å². The largest absolute Gasteiger partial charge is 0.478 e. The smallest absolute Gasteiger partial charge is 0.337 e. The molecule has 1 aromatic carbocycles. The van der Waals surface area contributed by atoms with Crippen LogP contribution in [-0.2, 0) is 19.7 Å². The summed E-state index contributed by atoms with van der Waals surface area (Å²) in [5, 5.41) is 8.39. The van der Waals surface area contributed by atoms with Crippen molar-refractivity contribution in [1.29, 1.82) is 0 Å². The lowest BCUT2D eigenvalue weighted by molar-refractivity contribution is 0.0692. The van der Waals surface area contributed by atoms with Crippen LogP contribution in [0.15, 0.2) is 28.0 Å². The summed E-state index contributed by atoms with van der Waals surface area (Å²) >= 11 is 0. The van der Waals surface area contributed by atoms with Crippen LogP contribution in [0.2, 0.25) is 0 Å². The Bertz CT molecular complexity index is 741. The third kappa shape index (κ3) is 2.50. The summed E-state index contributed by atoms with van der Waals surface area (Å²) in [6.07, 6.45) is 1.72. The number of sulfone groups is 2. The molecule has 0 radical (unpaired) electrons. The maximum Gasteiger partial charge on any atom is 0.337 e. The van der Waals surface area contributed by atoms with E-state index in [1.54, 1.807) is 0 Å². The van der Waals surface area contributed by atoms with E-state index in [2.05, 4.69) is 0 Å². The highest BCUT2D eigenvalue weighted by Crippen LogP contribution is 2.37. The first-order valence-corrected chi connectivity index (χ1v) is 8.89. The van der Waals surface area contributed by atoms with Crippen molar-refractivity contribution in [3.05, 3.63) is 23.8 Å². The Balaban J connectivity index is 2.85. The standard InChI is InChI=1S/C11H12O6S2/c1-18(14,15)9-4-2-3-8(11(12)13)10(9)19(16,17)7-5-6-7/h2-4,7H,5-6H2,1H3,(H,12,13). The highest BCUT2D eigenvalue weighted by atomic mass is 32.2. The van der Waals surface area contributed by atoms with Gasteiger partial charge < -0.3 is 5.11 Å². The van der Waals surface area contributed by atoms with E-state index in [0.717, 1.165) is 18.4 Å². The predicted molar refractivity (Wildman–Crippen MR) is 66.7 cm³/mol. The molecule has 0 saturated heterocycles. The van der Waals surface area contributed by atoms with E-state index in [1.165, 1.54) is 6.07 Å². The van der Waals surface area contributed by atoms with E-state index >= 15 is 0 Å². The van der Waals surface area contributed by atoms with Gasteiger partial charge in [-0.05, 0) is 25.0 Å². The fraction of sp³-hybridized carbons (Fsp3) is 0.364. The fourth-order valence-electron chi connectivity index (χ4n) is 1.81. The van der Waals surface area contributed by atoms with Gasteiger partial charge in [0.25, 0.3) is 0 Å². The topological polar surface area (TPSA) is 106 Å². The number of rotatable bonds is 4. The lowest BCUT2D eigenvalue weighted by Crippen LogP contribution is -2.17. The van der Waals surface area contributed by atoms with Gasteiger partial charge in [0.1, 0.15) is 4.90 Å². The Morgan fingerprint density at radius 1 is 1.21 bits per heavy atom. The van der Waals surface area contributed by atoms with E-state index in [9.17, 15) is 21.6 Å². The number of carbonyl (C=O) groups is 1. The van der Waals surface area contributed by atoms with Crippen molar-refractivity contribution in [2.45, 2.75) is 27.9 Å². The molecule has 8 heteroatoms. The molecule has 0 amide bonds. The summed E-state index contributed by atoms with van der Waals surface area (Å²) in [6.45, 7) is 0. The molecule has 2 rings (SSSR count). The van der Waals surface area contributed by atoms with Crippen LogP contribution in [0, 0.1) is 0 Å². The van der Waals surface area contributed by atoms with Gasteiger partial charge in [-0.3, -0.25) is 0 Å². The van der Waals surface area contributed by atoms with Crippen LogP contribution in [0.5, 0.6) is 0 Å². The first kappa shape index (κ1) is 14.0. The Morgan fingerprint density at radius 2 is 1.79 bits per heavy atom. The van der Waals surface area contributed by atoms with Gasteiger partial charge in [-0.1, -0.05) is 6.07 Å². The molecule has 0 heterocycles. The molecule has 1 fully saturated rings. The average molecular weight is 304 g/mol. The summed E-state index contributed by atoms with van der Waals surface area (Å²) in [5.74, 6) is -1.45. The third-order valence-corrected chi connectivity index (χ3v) is 6.48. The molecule has 0 aromatic heterocycles. The molecule has 0 unspecified atom stereocenters. The van der Waals surface area contributed by atoms with Crippen LogP contribution < -0.4 is 0 Å². The van der Waals surface area contributed by atoms with Crippen molar-refractivity contribution in [3.63, 3.8) is 0 Å². The maximum absolute atomic E-state index is 12.3. The van der Waals surface area contributed by atoms with Crippen LogP contribution in [0.4, 0.5) is 0 Å². The van der Waals surface area contributed by atoms with Crippen LogP contribution >= 0.6 is 0 Å². The Labute approximate surface area is 110 Å². The number of carboxylic acids is 1. The minimum absolute atomic E-state index is 0.430. The molecule has 1 aliphatic carbocycles. The first-order valence-electron chi connectivity index (χ1n) is 5.46. The van der Waals surface area contributed by atoms with E-state index in [-0.39, 0.29) is 0 Å². The number of carboxylic acid groups (broad SMARTS) is 1. The molecule has 1 aromatic rings. The van der Waals surface area contributed by atoms with Crippen molar-refractivity contribution >= 4 is 25.6 Å². The van der Waals surface area contributed by atoms with Crippen LogP contribution in [0.1, 0.15) is 23.2 Å². The fourth-order valence-corrected chi connectivity index (χ4v) is 5.29. The SMILES string of the molecule is CS(=O)(=O)c1cccc(C(=O)O)c1S(=O)(=O)C1CC1. The van der Waals surface area contributed by atoms with Gasteiger partial charge in [0, 0.05) is 6.26 Å². The van der Waals surface area contributed by atoms with Crippen LogP contribution in [-0.4, -0.2) is 39.4 Å². The molecule has 1 saturated carbocycles. The van der Waals surface area contributed by atoms with E-state index in [4.69, 9.17) is 5.11 Å². The van der Waals surface area contributed by atoms with Crippen molar-refractivity contribution in [1.82, 2.24) is 0 Å². The van der Waals surface area contributed by atoms with E-state index in [0.29, 0.717) is 12.8 Å². The van der Waals surface area contributed by atoms with Crippen LogP contribution in [0.3, 0.4) is 0 Å². The molecule has 0 spiro atoms. The van der Waals surface area contributed by atoms with E-state index < -0.39 is 46.2 Å². The van der Waals surface area contributed by atoms with Gasteiger partial charge in [-0.15, -0.1) is 0 Å². The van der Waals surface area contributed by atoms with Gasteiger partial charge in [0.2, 0.25) is 0 Å². The zero-order valence-electron chi connectivity index (χ0n) is 10.0. The predicted octanol–water partition coefficient (Wildman–Crippen LogP) is 0.724. The zero-order valence-corrected chi connectivity index (χ0v) is 11.7. The molecule has 0 aliphatic heterocycles. The Morgan fingerprint density at radius 3 is 2.21 bits per heavy atom. The highest BCUT2D eigenvalue weighted by molar-refractivity contribution is 7.94. The molecule has 0 bridgehead atoms. The number of benzene rings is 1. The molecule has 0 atom stereocenters. The lowest BCUT2D eigenvalue weighted by atomic mass is 10.2. The minimum Gasteiger partial charge on any atom is -0.478 e. The first-order chi connectivity index (χ1) is 8.65. The second-order valence-corrected chi connectivity index (χ2v) is 8.60. The lowest BCUT2D eigenvalue weighted by Gasteiger charge is -2.11. The maximum atomic E-state index is 12.3. The van der Waals surface area contributed by atoms with Crippen molar-refractivity contribution in [2.75, 3.05) is 6.26 Å². The molecule has 104 valence electrons. The average Bonchev–Trinajstić information content (AvgIpc) is 3.10. The summed E-state index contributed by atoms with van der Waals surface area (Å²) in [7, 11) is -7.74. The monoisotopic (exact) mass is 304 g/mol. The second-order valence-electron chi connectivity index (χ2n) is 4.45. The van der Waals surface area contributed by atoms with Gasteiger partial charge in [-0.2, -0.15) is 0 Å². The molecular weight excluding hydrogens is 292 g/mol. The molecule has 1 aliphatic rings.